The van der Waals surface area contributed by atoms with Crippen molar-refractivity contribution in [3.05, 3.63) is 28.8 Å². The number of nitrogens with zero attached hydrogens (tertiary/aromatic N) is 1. The van der Waals surface area contributed by atoms with Crippen molar-refractivity contribution < 1.29 is 9.59 Å². The van der Waals surface area contributed by atoms with Crippen LogP contribution in [0.25, 0.3) is 0 Å². The molecule has 0 aromatic heterocycles. The van der Waals surface area contributed by atoms with Crippen LogP contribution in [0.4, 0.5) is 10.5 Å². The Hall–Kier alpha value is -1.79. The van der Waals surface area contributed by atoms with Crippen LogP contribution in [0.5, 0.6) is 0 Å². The van der Waals surface area contributed by atoms with Gasteiger partial charge in [0, 0.05) is 25.3 Å². The Kier molecular flexibility index (Phi) is 8.13. The molecule has 0 bridgehead atoms. The van der Waals surface area contributed by atoms with Gasteiger partial charge in [-0.1, -0.05) is 39.3 Å². The number of hydrogen-bond acceptors (Lipinski definition) is 3. The van der Waals surface area contributed by atoms with Crippen LogP contribution in [0.15, 0.2) is 18.2 Å². The van der Waals surface area contributed by atoms with Gasteiger partial charge in [0.25, 0.3) is 5.91 Å². The summed E-state index contributed by atoms with van der Waals surface area (Å²) in [4.78, 5) is 26.9. The van der Waals surface area contributed by atoms with Gasteiger partial charge in [-0.05, 0) is 55.5 Å². The highest BCUT2D eigenvalue weighted by Gasteiger charge is 2.24. The summed E-state index contributed by atoms with van der Waals surface area (Å²) in [5.74, 6) is 0.153. The second kappa shape index (κ2) is 10.1. The zero-order valence-electron chi connectivity index (χ0n) is 17.4. The third-order valence-electron chi connectivity index (χ3n) is 4.72. The van der Waals surface area contributed by atoms with Gasteiger partial charge in [0.1, 0.15) is 0 Å². The highest BCUT2D eigenvalue weighted by molar-refractivity contribution is 6.34. The number of amides is 3. The van der Waals surface area contributed by atoms with Crippen LogP contribution >= 0.6 is 11.6 Å². The number of carbonyl (C=O) groups excluding carboxylic acids is 2. The largest absolute Gasteiger partial charge is 0.352 e. The van der Waals surface area contributed by atoms with Crippen molar-refractivity contribution in [1.29, 1.82) is 0 Å². The molecule has 0 aliphatic carbocycles. The third kappa shape index (κ3) is 7.32. The summed E-state index contributed by atoms with van der Waals surface area (Å²) in [5.41, 5.74) is 0.956. The van der Waals surface area contributed by atoms with Crippen molar-refractivity contribution in [2.24, 2.45) is 11.3 Å². The topological polar surface area (TPSA) is 73.5 Å². The molecule has 1 aliphatic rings. The first-order valence-corrected chi connectivity index (χ1v) is 10.4. The van der Waals surface area contributed by atoms with E-state index in [1.165, 1.54) is 12.8 Å². The first-order valence-electron chi connectivity index (χ1n) is 10.0. The zero-order chi connectivity index (χ0) is 20.7. The molecule has 6 nitrogen and oxygen atoms in total. The summed E-state index contributed by atoms with van der Waals surface area (Å²) in [6, 6.07) is 4.64. The summed E-state index contributed by atoms with van der Waals surface area (Å²) < 4.78 is 0. The van der Waals surface area contributed by atoms with Crippen molar-refractivity contribution >= 4 is 29.2 Å². The van der Waals surface area contributed by atoms with Gasteiger partial charge in [-0.2, -0.15) is 0 Å². The molecule has 1 saturated heterocycles. The maximum Gasteiger partial charge on any atom is 0.319 e. The molecule has 0 radical (unpaired) electrons. The van der Waals surface area contributed by atoms with E-state index >= 15 is 0 Å². The molecule has 156 valence electrons. The van der Waals surface area contributed by atoms with Crippen LogP contribution in [-0.2, 0) is 0 Å². The maximum absolute atomic E-state index is 12.2. The molecule has 3 N–H and O–H groups in total. The average Bonchev–Trinajstić information content (AvgIpc) is 3.10. The van der Waals surface area contributed by atoms with Gasteiger partial charge in [-0.15, -0.1) is 0 Å². The van der Waals surface area contributed by atoms with Crippen LogP contribution in [0.3, 0.4) is 0 Å². The van der Waals surface area contributed by atoms with Crippen LogP contribution in [0.2, 0.25) is 5.02 Å². The Morgan fingerprint density at radius 2 is 1.86 bits per heavy atom. The van der Waals surface area contributed by atoms with E-state index in [1.54, 1.807) is 18.2 Å². The average molecular weight is 409 g/mol. The number of nitrogens with one attached hydrogen (secondary N) is 3. The van der Waals surface area contributed by atoms with Gasteiger partial charge in [0.2, 0.25) is 0 Å². The number of halogens is 1. The molecule has 0 saturated carbocycles. The van der Waals surface area contributed by atoms with E-state index in [2.05, 4.69) is 34.7 Å². The lowest BCUT2D eigenvalue weighted by Gasteiger charge is -2.30. The fourth-order valence-corrected chi connectivity index (χ4v) is 3.53. The fraction of sp³-hybridized carbons (Fsp3) is 0.619. The van der Waals surface area contributed by atoms with Crippen LogP contribution in [-0.4, -0.2) is 49.6 Å². The Balaban J connectivity index is 1.84. The number of carbonyl (C=O) groups is 2. The summed E-state index contributed by atoms with van der Waals surface area (Å²) in [6.45, 7) is 12.8. The Morgan fingerprint density at radius 1 is 1.18 bits per heavy atom. The lowest BCUT2D eigenvalue weighted by molar-refractivity contribution is 0.0949. The van der Waals surface area contributed by atoms with Gasteiger partial charge in [-0.3, -0.25) is 4.79 Å². The first kappa shape index (κ1) is 22.5. The lowest BCUT2D eigenvalue weighted by Crippen LogP contribution is -2.42. The summed E-state index contributed by atoms with van der Waals surface area (Å²) in [7, 11) is 0. The smallest absolute Gasteiger partial charge is 0.319 e. The minimum Gasteiger partial charge on any atom is -0.352 e. The number of urea groups is 1. The molecule has 28 heavy (non-hydrogen) atoms. The molecule has 3 amide bonds. The van der Waals surface area contributed by atoms with Gasteiger partial charge in [0.05, 0.1) is 10.6 Å². The van der Waals surface area contributed by atoms with Gasteiger partial charge < -0.3 is 20.9 Å². The molecular formula is C21H33ClN4O2. The van der Waals surface area contributed by atoms with Gasteiger partial charge >= 0.3 is 6.03 Å². The predicted molar refractivity (Wildman–Crippen MR) is 115 cm³/mol. The number of rotatable bonds is 8. The molecule has 1 heterocycles. The van der Waals surface area contributed by atoms with Crippen LogP contribution in [0.1, 0.15) is 50.9 Å². The second-order valence-corrected chi connectivity index (χ2v) is 9.16. The van der Waals surface area contributed by atoms with Crippen molar-refractivity contribution in [2.75, 3.05) is 38.0 Å². The van der Waals surface area contributed by atoms with E-state index in [-0.39, 0.29) is 17.4 Å². The highest BCUT2D eigenvalue weighted by Crippen LogP contribution is 2.22. The molecule has 0 unspecified atom stereocenters. The Morgan fingerprint density at radius 3 is 2.46 bits per heavy atom. The van der Waals surface area contributed by atoms with E-state index in [0.29, 0.717) is 35.3 Å². The molecule has 7 heteroatoms. The maximum atomic E-state index is 12.2. The van der Waals surface area contributed by atoms with Crippen molar-refractivity contribution in [1.82, 2.24) is 15.5 Å². The molecule has 1 aromatic rings. The number of benzene rings is 1. The van der Waals surface area contributed by atoms with Gasteiger partial charge in [-0.25, -0.2) is 4.79 Å². The predicted octanol–water partition coefficient (Wildman–Crippen LogP) is 3.97. The summed E-state index contributed by atoms with van der Waals surface area (Å²) >= 11 is 6.23. The lowest BCUT2D eigenvalue weighted by atomic mass is 9.93. The summed E-state index contributed by atoms with van der Waals surface area (Å²) in [6.07, 6.45) is 2.52. The number of anilines is 1. The minimum atomic E-state index is -0.275. The monoisotopic (exact) mass is 408 g/mol. The third-order valence-corrected chi connectivity index (χ3v) is 5.03. The first-order chi connectivity index (χ1) is 13.2. The zero-order valence-corrected chi connectivity index (χ0v) is 18.2. The molecule has 1 aliphatic heterocycles. The molecule has 0 atom stereocenters. The van der Waals surface area contributed by atoms with Crippen molar-refractivity contribution in [3.63, 3.8) is 0 Å². The van der Waals surface area contributed by atoms with Crippen molar-refractivity contribution in [3.8, 4) is 0 Å². The quantitative estimate of drug-likeness (QED) is 0.609. The minimum absolute atomic E-state index is 0.00230. The second-order valence-electron chi connectivity index (χ2n) is 8.75. The number of likely N-dealkylation sites (tertiary alicyclic amines) is 1. The van der Waals surface area contributed by atoms with E-state index in [9.17, 15) is 9.59 Å². The van der Waals surface area contributed by atoms with Crippen molar-refractivity contribution in [2.45, 2.75) is 40.5 Å². The standard InChI is InChI=1S/C21H33ClN4O2/c1-15(2)12-23-19(27)17-8-7-16(11-18(17)22)25-20(28)24-13-21(3,4)14-26-9-5-6-10-26/h7-8,11,15H,5-6,9-10,12-14H2,1-4H3,(H,23,27)(H2,24,25,28). The van der Waals surface area contributed by atoms with E-state index in [4.69, 9.17) is 11.6 Å². The highest BCUT2D eigenvalue weighted by atomic mass is 35.5. The SMILES string of the molecule is CC(C)CNC(=O)c1ccc(NC(=O)NCC(C)(C)CN2CCCC2)cc1Cl. The van der Waals surface area contributed by atoms with Gasteiger partial charge in [0.15, 0.2) is 0 Å². The molecule has 0 spiro atoms. The van der Waals surface area contributed by atoms with Crippen LogP contribution < -0.4 is 16.0 Å². The van der Waals surface area contributed by atoms with E-state index in [0.717, 1.165) is 19.6 Å². The van der Waals surface area contributed by atoms with E-state index in [1.807, 2.05) is 13.8 Å². The molecular weight excluding hydrogens is 376 g/mol. The van der Waals surface area contributed by atoms with Crippen LogP contribution in [0, 0.1) is 11.3 Å². The Bertz CT molecular complexity index is 685. The number of hydrogen-bond donors (Lipinski definition) is 3. The molecule has 2 rings (SSSR count). The van der Waals surface area contributed by atoms with E-state index < -0.39 is 0 Å². The Labute approximate surface area is 173 Å². The summed E-state index contributed by atoms with van der Waals surface area (Å²) in [5, 5.41) is 8.87. The molecule has 1 aromatic carbocycles. The fourth-order valence-electron chi connectivity index (χ4n) is 3.27. The normalized spacial score (nSPS) is 14.9. The molecule has 1 fully saturated rings.